The number of benzene rings is 1. The zero-order valence-corrected chi connectivity index (χ0v) is 10.6. The van der Waals surface area contributed by atoms with Crippen molar-refractivity contribution >= 4 is 0 Å². The molecule has 2 fully saturated rings. The second-order valence-electron chi connectivity index (χ2n) is 5.95. The number of nitrogens with zero attached hydrogens (tertiary/aromatic N) is 1. The molecule has 0 saturated carbocycles. The van der Waals surface area contributed by atoms with E-state index in [9.17, 15) is 0 Å². The predicted molar refractivity (Wildman–Crippen MR) is 70.9 cm³/mol. The van der Waals surface area contributed by atoms with E-state index < -0.39 is 0 Å². The highest BCUT2D eigenvalue weighted by atomic mass is 16.5. The van der Waals surface area contributed by atoms with E-state index in [0.29, 0.717) is 6.10 Å². The Hall–Kier alpha value is -1.06. The second kappa shape index (κ2) is 4.25. The molecule has 3 atom stereocenters. The highest BCUT2D eigenvalue weighted by Crippen LogP contribution is 2.31. The van der Waals surface area contributed by atoms with E-state index in [0.717, 1.165) is 30.6 Å². The van der Waals surface area contributed by atoms with Crippen molar-refractivity contribution in [3.8, 4) is 5.75 Å². The van der Waals surface area contributed by atoms with E-state index >= 15 is 0 Å². The van der Waals surface area contributed by atoms with Crippen LogP contribution in [0.15, 0.2) is 24.3 Å². The molecule has 0 radical (unpaired) electrons. The molecule has 0 aliphatic carbocycles. The molecule has 1 unspecified atom stereocenters. The standard InChI is InChI=1S/C15H20N2O/c1-2-4-15-11(3-1)5-14(18-15)10-17-8-12-6-16-7-13(12)9-17/h1-4,12-14,16H,5-10H2/t12-,13+,14?. The van der Waals surface area contributed by atoms with Crippen molar-refractivity contribution in [3.05, 3.63) is 29.8 Å². The fourth-order valence-corrected chi connectivity index (χ4v) is 3.75. The van der Waals surface area contributed by atoms with E-state index in [-0.39, 0.29) is 0 Å². The average Bonchev–Trinajstić information content (AvgIpc) is 3.01. The first-order valence-electron chi connectivity index (χ1n) is 7.06. The van der Waals surface area contributed by atoms with Gasteiger partial charge in [0.15, 0.2) is 0 Å². The third-order valence-corrected chi connectivity index (χ3v) is 4.64. The lowest BCUT2D eigenvalue weighted by Crippen LogP contribution is -2.35. The molecule has 1 aromatic carbocycles. The zero-order chi connectivity index (χ0) is 11.9. The van der Waals surface area contributed by atoms with E-state index in [2.05, 4.69) is 34.5 Å². The molecule has 2 saturated heterocycles. The topological polar surface area (TPSA) is 24.5 Å². The SMILES string of the molecule is c1ccc2c(c1)CC(CN1C[C@H]3CNC[C@H]3C1)O2. The van der Waals surface area contributed by atoms with Gasteiger partial charge >= 0.3 is 0 Å². The maximum absolute atomic E-state index is 6.03. The summed E-state index contributed by atoms with van der Waals surface area (Å²) in [5.41, 5.74) is 1.38. The average molecular weight is 244 g/mol. The summed E-state index contributed by atoms with van der Waals surface area (Å²) >= 11 is 0. The number of nitrogens with one attached hydrogen (secondary N) is 1. The maximum Gasteiger partial charge on any atom is 0.123 e. The van der Waals surface area contributed by atoms with Crippen LogP contribution in [0.1, 0.15) is 5.56 Å². The molecule has 3 heteroatoms. The van der Waals surface area contributed by atoms with Gasteiger partial charge in [-0.1, -0.05) is 18.2 Å². The number of para-hydroxylation sites is 1. The maximum atomic E-state index is 6.03. The lowest BCUT2D eigenvalue weighted by molar-refractivity contribution is 0.162. The summed E-state index contributed by atoms with van der Waals surface area (Å²) in [6, 6.07) is 8.46. The van der Waals surface area contributed by atoms with Crippen LogP contribution in [-0.2, 0) is 6.42 Å². The molecular weight excluding hydrogens is 224 g/mol. The Balaban J connectivity index is 1.38. The molecular formula is C15H20N2O. The summed E-state index contributed by atoms with van der Waals surface area (Å²) < 4.78 is 6.03. The van der Waals surface area contributed by atoms with E-state index in [4.69, 9.17) is 4.74 Å². The number of ether oxygens (including phenoxy) is 1. The Bertz CT molecular complexity index is 411. The zero-order valence-electron chi connectivity index (χ0n) is 10.6. The van der Waals surface area contributed by atoms with E-state index in [1.54, 1.807) is 0 Å². The highest BCUT2D eigenvalue weighted by molar-refractivity contribution is 5.37. The normalized spacial score (nSPS) is 34.3. The molecule has 4 rings (SSSR count). The van der Waals surface area contributed by atoms with Crippen LogP contribution in [0.3, 0.4) is 0 Å². The number of hydrogen-bond donors (Lipinski definition) is 1. The van der Waals surface area contributed by atoms with Gasteiger partial charge in [-0.3, -0.25) is 4.90 Å². The van der Waals surface area contributed by atoms with Crippen LogP contribution < -0.4 is 10.1 Å². The summed E-state index contributed by atoms with van der Waals surface area (Å²) in [6.45, 7) is 6.04. The lowest BCUT2D eigenvalue weighted by atomic mass is 10.0. The van der Waals surface area contributed by atoms with Gasteiger partial charge in [-0.25, -0.2) is 0 Å². The summed E-state index contributed by atoms with van der Waals surface area (Å²) in [7, 11) is 0. The molecule has 1 N–H and O–H groups in total. The Morgan fingerprint density at radius 3 is 2.72 bits per heavy atom. The van der Waals surface area contributed by atoms with E-state index in [1.807, 2.05) is 0 Å². The first-order valence-corrected chi connectivity index (χ1v) is 7.06. The van der Waals surface area contributed by atoms with Gasteiger partial charge in [0.05, 0.1) is 0 Å². The molecule has 0 aromatic heterocycles. The van der Waals surface area contributed by atoms with Crippen molar-refractivity contribution in [2.75, 3.05) is 32.7 Å². The molecule has 3 aliphatic rings. The molecule has 1 aromatic rings. The van der Waals surface area contributed by atoms with Gasteiger partial charge in [-0.2, -0.15) is 0 Å². The van der Waals surface area contributed by atoms with Crippen LogP contribution in [0.2, 0.25) is 0 Å². The van der Waals surface area contributed by atoms with Gasteiger partial charge in [-0.15, -0.1) is 0 Å². The minimum absolute atomic E-state index is 0.370. The molecule has 18 heavy (non-hydrogen) atoms. The minimum Gasteiger partial charge on any atom is -0.488 e. The molecule has 0 spiro atoms. The van der Waals surface area contributed by atoms with Gasteiger partial charge in [0.2, 0.25) is 0 Å². The fourth-order valence-electron chi connectivity index (χ4n) is 3.75. The van der Waals surface area contributed by atoms with Crippen molar-refractivity contribution in [3.63, 3.8) is 0 Å². The Morgan fingerprint density at radius 2 is 1.94 bits per heavy atom. The second-order valence-corrected chi connectivity index (χ2v) is 5.95. The van der Waals surface area contributed by atoms with Gasteiger partial charge in [0, 0.05) is 26.1 Å². The van der Waals surface area contributed by atoms with Crippen molar-refractivity contribution < 1.29 is 4.74 Å². The molecule has 3 heterocycles. The van der Waals surface area contributed by atoms with Gasteiger partial charge in [-0.05, 0) is 36.6 Å². The summed E-state index contributed by atoms with van der Waals surface area (Å²) in [4.78, 5) is 2.60. The first-order chi connectivity index (χ1) is 8.88. The van der Waals surface area contributed by atoms with Crippen LogP contribution in [0.4, 0.5) is 0 Å². The number of fused-ring (bicyclic) bond motifs is 2. The Morgan fingerprint density at radius 1 is 1.17 bits per heavy atom. The van der Waals surface area contributed by atoms with Gasteiger partial charge < -0.3 is 10.1 Å². The van der Waals surface area contributed by atoms with Crippen LogP contribution >= 0.6 is 0 Å². The van der Waals surface area contributed by atoms with Gasteiger partial charge in [0.1, 0.15) is 11.9 Å². The van der Waals surface area contributed by atoms with Crippen molar-refractivity contribution in [2.24, 2.45) is 11.8 Å². The van der Waals surface area contributed by atoms with E-state index in [1.165, 1.54) is 31.7 Å². The summed E-state index contributed by atoms with van der Waals surface area (Å²) in [5, 5.41) is 3.49. The highest BCUT2D eigenvalue weighted by Gasteiger charge is 2.37. The quantitative estimate of drug-likeness (QED) is 0.844. The van der Waals surface area contributed by atoms with Crippen LogP contribution in [0.5, 0.6) is 5.75 Å². The number of rotatable bonds is 2. The Labute approximate surface area is 108 Å². The van der Waals surface area contributed by atoms with Crippen molar-refractivity contribution in [2.45, 2.75) is 12.5 Å². The molecule has 3 aliphatic heterocycles. The molecule has 3 nitrogen and oxygen atoms in total. The first kappa shape index (κ1) is 10.8. The summed E-state index contributed by atoms with van der Waals surface area (Å²) in [6.07, 6.45) is 1.45. The number of likely N-dealkylation sites (tertiary alicyclic amines) is 1. The van der Waals surface area contributed by atoms with Crippen molar-refractivity contribution in [1.82, 2.24) is 10.2 Å². The minimum atomic E-state index is 0.370. The monoisotopic (exact) mass is 244 g/mol. The van der Waals surface area contributed by atoms with Crippen LogP contribution in [-0.4, -0.2) is 43.7 Å². The summed E-state index contributed by atoms with van der Waals surface area (Å²) in [5.74, 6) is 2.87. The largest absolute Gasteiger partial charge is 0.488 e. The molecule has 0 bridgehead atoms. The third kappa shape index (κ3) is 1.82. The predicted octanol–water partition coefficient (Wildman–Crippen LogP) is 1.14. The van der Waals surface area contributed by atoms with Crippen LogP contribution in [0.25, 0.3) is 0 Å². The van der Waals surface area contributed by atoms with Crippen molar-refractivity contribution in [1.29, 1.82) is 0 Å². The molecule has 96 valence electrons. The Kier molecular flexibility index (Phi) is 2.55. The smallest absolute Gasteiger partial charge is 0.123 e. The number of hydrogen-bond acceptors (Lipinski definition) is 3. The van der Waals surface area contributed by atoms with Crippen LogP contribution in [0, 0.1) is 11.8 Å². The molecule has 0 amide bonds. The van der Waals surface area contributed by atoms with Gasteiger partial charge in [0.25, 0.3) is 0 Å². The fraction of sp³-hybridized carbons (Fsp3) is 0.600. The third-order valence-electron chi connectivity index (χ3n) is 4.64. The lowest BCUT2D eigenvalue weighted by Gasteiger charge is -2.21.